The molecule has 0 spiro atoms. The second-order valence-electron chi connectivity index (χ2n) is 7.17. The van der Waals surface area contributed by atoms with Crippen molar-refractivity contribution in [3.8, 4) is 0 Å². The van der Waals surface area contributed by atoms with Crippen molar-refractivity contribution in [2.45, 2.75) is 40.8 Å². The topological polar surface area (TPSA) is 40.6 Å². The quantitative estimate of drug-likeness (QED) is 0.783. The van der Waals surface area contributed by atoms with Gasteiger partial charge in [0.1, 0.15) is 0 Å². The highest BCUT2D eigenvalue weighted by Gasteiger charge is 2.24. The van der Waals surface area contributed by atoms with Crippen LogP contribution in [-0.4, -0.2) is 35.7 Å². The van der Waals surface area contributed by atoms with Gasteiger partial charge in [-0.2, -0.15) is 0 Å². The molecule has 2 amide bonds. The van der Waals surface area contributed by atoms with Crippen molar-refractivity contribution in [3.63, 3.8) is 0 Å². The first-order valence-corrected chi connectivity index (χ1v) is 7.76. The number of hydrogen-bond donors (Lipinski definition) is 0. The van der Waals surface area contributed by atoms with Gasteiger partial charge >= 0.3 is 0 Å². The summed E-state index contributed by atoms with van der Waals surface area (Å²) < 4.78 is 0. The van der Waals surface area contributed by atoms with Crippen LogP contribution in [0.5, 0.6) is 0 Å². The largest absolute Gasteiger partial charge is 0.341 e. The van der Waals surface area contributed by atoms with Gasteiger partial charge in [-0.05, 0) is 18.1 Å². The smallest absolute Gasteiger partial charge is 0.248 e. The second-order valence-corrected chi connectivity index (χ2v) is 7.17. The van der Waals surface area contributed by atoms with Gasteiger partial charge in [-0.3, -0.25) is 9.59 Å². The summed E-state index contributed by atoms with van der Waals surface area (Å²) >= 11 is 0. The highest BCUT2D eigenvalue weighted by Crippen LogP contribution is 2.18. The average Bonchev–Trinajstić information content (AvgIpc) is 2.46. The van der Waals surface area contributed by atoms with E-state index in [9.17, 15) is 9.59 Å². The highest BCUT2D eigenvalue weighted by molar-refractivity contribution is 5.91. The van der Waals surface area contributed by atoms with Gasteiger partial charge in [0.15, 0.2) is 0 Å². The molecule has 0 N–H and O–H groups in total. The predicted molar refractivity (Wildman–Crippen MR) is 93.7 cm³/mol. The minimum absolute atomic E-state index is 0.0513. The highest BCUT2D eigenvalue weighted by atomic mass is 16.2. The number of amides is 2. The summed E-state index contributed by atoms with van der Waals surface area (Å²) in [4.78, 5) is 27.4. The van der Waals surface area contributed by atoms with Crippen LogP contribution in [0.2, 0.25) is 0 Å². The number of hydrogen-bond acceptors (Lipinski definition) is 2. The van der Waals surface area contributed by atoms with Crippen LogP contribution in [0.3, 0.4) is 0 Å². The molecule has 0 atom stereocenters. The van der Waals surface area contributed by atoms with E-state index in [1.165, 1.54) is 0 Å². The minimum Gasteiger partial charge on any atom is -0.341 e. The number of likely N-dealkylation sites (N-methyl/N-ethyl adjacent to an activating group) is 1. The van der Waals surface area contributed by atoms with E-state index < -0.39 is 0 Å². The van der Waals surface area contributed by atoms with E-state index in [1.54, 1.807) is 23.8 Å². The molecule has 4 heteroatoms. The SMILES string of the molecule is C=C(C)C(=O)N(C)Cc1ccc(CN(C)C(=O)C(C)(C)C)cc1. The maximum Gasteiger partial charge on any atom is 0.248 e. The van der Waals surface area contributed by atoms with Gasteiger partial charge in [0.05, 0.1) is 0 Å². The predicted octanol–water partition coefficient (Wildman–Crippen LogP) is 3.23. The minimum atomic E-state index is -0.375. The van der Waals surface area contributed by atoms with E-state index in [-0.39, 0.29) is 17.2 Å². The first kappa shape index (κ1) is 18.9. The monoisotopic (exact) mass is 316 g/mol. The summed E-state index contributed by atoms with van der Waals surface area (Å²) in [5.74, 6) is 0.0675. The standard InChI is InChI=1S/C19H28N2O2/c1-14(2)17(22)20(6)12-15-8-10-16(11-9-15)13-21(7)18(23)19(3,4)5/h8-11H,1,12-13H2,2-7H3. The molecule has 1 rings (SSSR count). The molecule has 0 aliphatic heterocycles. The Kier molecular flexibility index (Phi) is 6.13. The lowest BCUT2D eigenvalue weighted by molar-refractivity contribution is -0.138. The zero-order valence-electron chi connectivity index (χ0n) is 15.1. The molecule has 0 aromatic heterocycles. The molecule has 126 valence electrons. The Bertz CT molecular complexity index is 582. The number of carbonyl (C=O) groups excluding carboxylic acids is 2. The number of carbonyl (C=O) groups is 2. The van der Waals surface area contributed by atoms with Gasteiger partial charge in [0.2, 0.25) is 11.8 Å². The summed E-state index contributed by atoms with van der Waals surface area (Å²) in [6.07, 6.45) is 0. The van der Waals surface area contributed by atoms with Crippen molar-refractivity contribution in [2.24, 2.45) is 5.41 Å². The Morgan fingerprint density at radius 2 is 1.35 bits per heavy atom. The third-order valence-electron chi connectivity index (χ3n) is 3.56. The summed E-state index contributed by atoms with van der Waals surface area (Å²) in [6, 6.07) is 7.99. The molecule has 0 fully saturated rings. The molecule has 0 bridgehead atoms. The molecular formula is C19H28N2O2. The maximum absolute atomic E-state index is 12.2. The molecule has 4 nitrogen and oxygen atoms in total. The van der Waals surface area contributed by atoms with Gasteiger partial charge in [-0.25, -0.2) is 0 Å². The number of nitrogens with zero attached hydrogens (tertiary/aromatic N) is 2. The Hall–Kier alpha value is -2.10. The average molecular weight is 316 g/mol. The van der Waals surface area contributed by atoms with Crippen LogP contribution in [0, 0.1) is 5.41 Å². The van der Waals surface area contributed by atoms with E-state index in [0.29, 0.717) is 18.7 Å². The Balaban J connectivity index is 2.69. The fourth-order valence-electron chi connectivity index (χ4n) is 2.34. The van der Waals surface area contributed by atoms with E-state index in [0.717, 1.165) is 11.1 Å². The third kappa shape index (κ3) is 5.55. The summed E-state index contributed by atoms with van der Waals surface area (Å²) in [5.41, 5.74) is 2.28. The van der Waals surface area contributed by atoms with Gasteiger partial charge in [0, 0.05) is 38.2 Å². The number of rotatable bonds is 5. The van der Waals surface area contributed by atoms with Crippen molar-refractivity contribution in [3.05, 3.63) is 47.5 Å². The van der Waals surface area contributed by atoms with Crippen LogP contribution in [0.4, 0.5) is 0 Å². The van der Waals surface area contributed by atoms with Crippen LogP contribution in [-0.2, 0) is 22.7 Å². The molecule has 0 aliphatic rings. The van der Waals surface area contributed by atoms with Crippen LogP contribution in [0.15, 0.2) is 36.4 Å². The lowest BCUT2D eigenvalue weighted by Crippen LogP contribution is -2.36. The molecule has 0 aliphatic carbocycles. The molecule has 23 heavy (non-hydrogen) atoms. The molecule has 1 aromatic rings. The van der Waals surface area contributed by atoms with Gasteiger partial charge in [0.25, 0.3) is 0 Å². The molecule has 0 unspecified atom stereocenters. The Morgan fingerprint density at radius 3 is 1.70 bits per heavy atom. The Labute approximate surface area is 139 Å². The summed E-state index contributed by atoms with van der Waals surface area (Å²) in [6.45, 7) is 12.3. The van der Waals surface area contributed by atoms with Gasteiger partial charge in [-0.1, -0.05) is 51.6 Å². The van der Waals surface area contributed by atoms with E-state index >= 15 is 0 Å². The first-order valence-electron chi connectivity index (χ1n) is 7.76. The summed E-state index contributed by atoms with van der Waals surface area (Å²) in [7, 11) is 3.58. The third-order valence-corrected chi connectivity index (χ3v) is 3.56. The molecule has 0 radical (unpaired) electrons. The number of benzene rings is 1. The van der Waals surface area contributed by atoms with E-state index in [4.69, 9.17) is 0 Å². The lowest BCUT2D eigenvalue weighted by atomic mass is 9.95. The van der Waals surface area contributed by atoms with Crippen LogP contribution in [0.25, 0.3) is 0 Å². The fourth-order valence-corrected chi connectivity index (χ4v) is 2.34. The fraction of sp³-hybridized carbons (Fsp3) is 0.474. The van der Waals surface area contributed by atoms with Crippen LogP contribution < -0.4 is 0 Å². The van der Waals surface area contributed by atoms with Crippen LogP contribution >= 0.6 is 0 Å². The molecule has 0 heterocycles. The van der Waals surface area contributed by atoms with Crippen molar-refractivity contribution in [1.82, 2.24) is 9.80 Å². The van der Waals surface area contributed by atoms with Crippen molar-refractivity contribution < 1.29 is 9.59 Å². The van der Waals surface area contributed by atoms with E-state index in [2.05, 4.69) is 6.58 Å². The molecular weight excluding hydrogens is 288 g/mol. The lowest BCUT2D eigenvalue weighted by Gasteiger charge is -2.26. The molecule has 1 aromatic carbocycles. The van der Waals surface area contributed by atoms with Gasteiger partial charge < -0.3 is 9.80 Å². The van der Waals surface area contributed by atoms with Crippen molar-refractivity contribution >= 4 is 11.8 Å². The van der Waals surface area contributed by atoms with Crippen LogP contribution in [0.1, 0.15) is 38.8 Å². The van der Waals surface area contributed by atoms with Crippen molar-refractivity contribution in [1.29, 1.82) is 0 Å². The Morgan fingerprint density at radius 1 is 0.957 bits per heavy atom. The summed E-state index contributed by atoms with van der Waals surface area (Å²) in [5, 5.41) is 0. The second kappa shape index (κ2) is 7.44. The van der Waals surface area contributed by atoms with Gasteiger partial charge in [-0.15, -0.1) is 0 Å². The molecule has 0 saturated carbocycles. The first-order chi connectivity index (χ1) is 10.5. The normalized spacial score (nSPS) is 11.0. The molecule has 0 saturated heterocycles. The zero-order chi connectivity index (χ0) is 17.8. The zero-order valence-corrected chi connectivity index (χ0v) is 15.1. The maximum atomic E-state index is 12.2. The van der Waals surface area contributed by atoms with E-state index in [1.807, 2.05) is 52.1 Å². The van der Waals surface area contributed by atoms with Crippen molar-refractivity contribution in [2.75, 3.05) is 14.1 Å².